The van der Waals surface area contributed by atoms with Crippen molar-refractivity contribution in [2.45, 2.75) is 39.0 Å². The lowest BCUT2D eigenvalue weighted by Gasteiger charge is -2.23. The van der Waals surface area contributed by atoms with Gasteiger partial charge < -0.3 is 0 Å². The van der Waals surface area contributed by atoms with E-state index in [2.05, 4.69) is 37.3 Å². The molecule has 0 nitrogen and oxygen atoms in total. The molecule has 1 fully saturated rings. The Bertz CT molecular complexity index is 386. The van der Waals surface area contributed by atoms with Crippen LogP contribution in [0.4, 0.5) is 0 Å². The average molecular weight is 249 g/mol. The molecule has 2 rings (SSSR count). The SMILES string of the molecule is Cc1cccc(C=C(CCl)C2CCCCC2)c1. The summed E-state index contributed by atoms with van der Waals surface area (Å²) in [6.07, 6.45) is 9.08. The van der Waals surface area contributed by atoms with E-state index in [1.165, 1.54) is 48.8 Å². The number of rotatable bonds is 3. The summed E-state index contributed by atoms with van der Waals surface area (Å²) in [5.74, 6) is 1.40. The van der Waals surface area contributed by atoms with Crippen LogP contribution in [-0.2, 0) is 0 Å². The summed E-state index contributed by atoms with van der Waals surface area (Å²) in [6, 6.07) is 8.66. The number of allylic oxidation sites excluding steroid dienone is 1. The van der Waals surface area contributed by atoms with E-state index in [0.29, 0.717) is 5.88 Å². The summed E-state index contributed by atoms with van der Waals surface area (Å²) in [7, 11) is 0. The fraction of sp³-hybridized carbons (Fsp3) is 0.500. The van der Waals surface area contributed by atoms with Crippen molar-refractivity contribution in [3.63, 3.8) is 0 Å². The van der Waals surface area contributed by atoms with E-state index >= 15 is 0 Å². The van der Waals surface area contributed by atoms with Gasteiger partial charge in [-0.15, -0.1) is 11.6 Å². The molecule has 1 aliphatic rings. The Morgan fingerprint density at radius 1 is 1.29 bits per heavy atom. The van der Waals surface area contributed by atoms with Crippen LogP contribution in [0.25, 0.3) is 6.08 Å². The van der Waals surface area contributed by atoms with E-state index in [1.807, 2.05) is 0 Å². The summed E-state index contributed by atoms with van der Waals surface area (Å²) in [5.41, 5.74) is 4.04. The topological polar surface area (TPSA) is 0 Å². The molecule has 0 unspecified atom stereocenters. The fourth-order valence-corrected chi connectivity index (χ4v) is 3.01. The molecule has 1 aromatic carbocycles. The van der Waals surface area contributed by atoms with Gasteiger partial charge >= 0.3 is 0 Å². The molecule has 1 aliphatic carbocycles. The van der Waals surface area contributed by atoms with E-state index in [-0.39, 0.29) is 0 Å². The Kier molecular flexibility index (Phi) is 4.67. The second-order valence-corrected chi connectivity index (χ2v) is 5.37. The predicted octanol–water partition coefficient (Wildman–Crippen LogP) is 5.20. The molecular weight excluding hydrogens is 228 g/mol. The molecule has 0 amide bonds. The quantitative estimate of drug-likeness (QED) is 0.645. The van der Waals surface area contributed by atoms with Crippen LogP contribution in [0.1, 0.15) is 43.2 Å². The van der Waals surface area contributed by atoms with Gasteiger partial charge in [0.1, 0.15) is 0 Å². The Morgan fingerprint density at radius 2 is 2.06 bits per heavy atom. The third kappa shape index (κ3) is 3.61. The lowest BCUT2D eigenvalue weighted by atomic mass is 9.83. The third-order valence-electron chi connectivity index (χ3n) is 3.68. The third-order valence-corrected chi connectivity index (χ3v) is 3.99. The zero-order valence-electron chi connectivity index (χ0n) is 10.6. The first-order valence-corrected chi connectivity index (χ1v) is 7.16. The largest absolute Gasteiger partial charge is 0.122 e. The van der Waals surface area contributed by atoms with Gasteiger partial charge in [0.05, 0.1) is 0 Å². The first-order valence-electron chi connectivity index (χ1n) is 6.62. The van der Waals surface area contributed by atoms with Crippen LogP contribution >= 0.6 is 11.6 Å². The normalized spacial score (nSPS) is 18.4. The van der Waals surface area contributed by atoms with Crippen molar-refractivity contribution in [2.75, 3.05) is 5.88 Å². The van der Waals surface area contributed by atoms with E-state index in [0.717, 1.165) is 5.92 Å². The monoisotopic (exact) mass is 248 g/mol. The Labute approximate surface area is 110 Å². The van der Waals surface area contributed by atoms with Crippen molar-refractivity contribution in [2.24, 2.45) is 5.92 Å². The molecule has 1 saturated carbocycles. The van der Waals surface area contributed by atoms with E-state index in [9.17, 15) is 0 Å². The molecule has 0 aromatic heterocycles. The Balaban J connectivity index is 2.16. The highest BCUT2D eigenvalue weighted by molar-refractivity contribution is 6.19. The maximum Gasteiger partial charge on any atom is 0.0439 e. The van der Waals surface area contributed by atoms with Gasteiger partial charge in [0.2, 0.25) is 0 Å². The summed E-state index contributed by atoms with van der Waals surface area (Å²) >= 11 is 6.12. The standard InChI is InChI=1S/C16H21Cl/c1-13-6-5-7-14(10-13)11-16(12-17)15-8-3-2-4-9-15/h5-7,10-11,15H,2-4,8-9,12H2,1H3. The first kappa shape index (κ1) is 12.7. The molecule has 0 bridgehead atoms. The van der Waals surface area contributed by atoms with E-state index < -0.39 is 0 Å². The maximum atomic E-state index is 6.12. The van der Waals surface area contributed by atoms with Gasteiger partial charge in [0, 0.05) is 5.88 Å². The summed E-state index contributed by atoms with van der Waals surface area (Å²) in [6.45, 7) is 2.14. The van der Waals surface area contributed by atoms with E-state index in [4.69, 9.17) is 11.6 Å². The van der Waals surface area contributed by atoms with Crippen LogP contribution in [0, 0.1) is 12.8 Å². The fourth-order valence-electron chi connectivity index (χ4n) is 2.71. The van der Waals surface area contributed by atoms with Crippen LogP contribution in [0.15, 0.2) is 29.8 Å². The van der Waals surface area contributed by atoms with Gasteiger partial charge in [-0.1, -0.05) is 60.7 Å². The van der Waals surface area contributed by atoms with Gasteiger partial charge in [0.15, 0.2) is 0 Å². The highest BCUT2D eigenvalue weighted by atomic mass is 35.5. The number of hydrogen-bond acceptors (Lipinski definition) is 0. The van der Waals surface area contributed by atoms with Crippen LogP contribution in [0.2, 0.25) is 0 Å². The van der Waals surface area contributed by atoms with Gasteiger partial charge in [-0.05, 0) is 31.2 Å². The zero-order chi connectivity index (χ0) is 12.1. The molecule has 0 spiro atoms. The lowest BCUT2D eigenvalue weighted by molar-refractivity contribution is 0.405. The van der Waals surface area contributed by atoms with Crippen LogP contribution < -0.4 is 0 Å². The van der Waals surface area contributed by atoms with Crippen LogP contribution in [0.5, 0.6) is 0 Å². The molecular formula is C16H21Cl. The minimum atomic E-state index is 0.679. The van der Waals surface area contributed by atoms with Crippen molar-refractivity contribution in [1.82, 2.24) is 0 Å². The second-order valence-electron chi connectivity index (χ2n) is 5.10. The molecule has 0 heterocycles. The average Bonchev–Trinajstić information content (AvgIpc) is 2.37. The molecule has 0 saturated heterocycles. The molecule has 1 heteroatoms. The van der Waals surface area contributed by atoms with Crippen molar-refractivity contribution >= 4 is 17.7 Å². The Morgan fingerprint density at radius 3 is 2.71 bits per heavy atom. The van der Waals surface area contributed by atoms with Crippen molar-refractivity contribution in [1.29, 1.82) is 0 Å². The molecule has 1 aromatic rings. The minimum absolute atomic E-state index is 0.679. The summed E-state index contributed by atoms with van der Waals surface area (Å²) < 4.78 is 0. The number of halogens is 1. The van der Waals surface area contributed by atoms with Gasteiger partial charge in [0.25, 0.3) is 0 Å². The predicted molar refractivity (Wildman–Crippen MR) is 76.5 cm³/mol. The number of benzene rings is 1. The van der Waals surface area contributed by atoms with Gasteiger partial charge in [-0.25, -0.2) is 0 Å². The number of aryl methyl sites for hydroxylation is 1. The van der Waals surface area contributed by atoms with Crippen LogP contribution in [0.3, 0.4) is 0 Å². The number of alkyl halides is 1. The maximum absolute atomic E-state index is 6.12. The second kappa shape index (κ2) is 6.26. The molecule has 0 atom stereocenters. The van der Waals surface area contributed by atoms with Crippen molar-refractivity contribution in [3.05, 3.63) is 41.0 Å². The summed E-state index contributed by atoms with van der Waals surface area (Å²) in [4.78, 5) is 0. The lowest BCUT2D eigenvalue weighted by Crippen LogP contribution is -2.10. The summed E-state index contributed by atoms with van der Waals surface area (Å²) in [5, 5.41) is 0. The Hall–Kier alpha value is -0.750. The molecule has 92 valence electrons. The van der Waals surface area contributed by atoms with Crippen molar-refractivity contribution in [3.8, 4) is 0 Å². The highest BCUT2D eigenvalue weighted by Gasteiger charge is 2.16. The van der Waals surface area contributed by atoms with Crippen LogP contribution in [-0.4, -0.2) is 5.88 Å². The first-order chi connectivity index (χ1) is 8.29. The zero-order valence-corrected chi connectivity index (χ0v) is 11.3. The molecule has 0 N–H and O–H groups in total. The smallest absolute Gasteiger partial charge is 0.0439 e. The van der Waals surface area contributed by atoms with Gasteiger partial charge in [-0.2, -0.15) is 0 Å². The van der Waals surface area contributed by atoms with E-state index in [1.54, 1.807) is 0 Å². The number of hydrogen-bond donors (Lipinski definition) is 0. The van der Waals surface area contributed by atoms with Crippen molar-refractivity contribution < 1.29 is 0 Å². The minimum Gasteiger partial charge on any atom is -0.122 e. The van der Waals surface area contributed by atoms with Gasteiger partial charge in [-0.3, -0.25) is 0 Å². The molecule has 0 radical (unpaired) electrons. The molecule has 17 heavy (non-hydrogen) atoms. The highest BCUT2D eigenvalue weighted by Crippen LogP contribution is 2.31. The molecule has 0 aliphatic heterocycles.